The van der Waals surface area contributed by atoms with Gasteiger partial charge in [0.05, 0.1) is 28.4 Å². The van der Waals surface area contributed by atoms with Crippen LogP contribution in [0.25, 0.3) is 11.0 Å². The van der Waals surface area contributed by atoms with Crippen molar-refractivity contribution in [3.8, 4) is 0 Å². The van der Waals surface area contributed by atoms with Crippen molar-refractivity contribution >= 4 is 23.2 Å². The highest BCUT2D eigenvalue weighted by molar-refractivity contribution is 5.87. The van der Waals surface area contributed by atoms with Crippen LogP contribution >= 0.6 is 0 Å². The molecule has 1 aliphatic carbocycles. The number of nitrogens with one attached hydrogen (secondary N) is 2. The van der Waals surface area contributed by atoms with Crippen LogP contribution in [0.2, 0.25) is 0 Å². The standard InChI is InChI=1S/C24H32N6O/c1-7-30-16(3)17(15(2)29-30)14-25-28-22(31)24(6)13-12-18(23(24,4)5)21-26-19-10-8-9-11-20(19)27-21/h8-11,14,18H,7,12-13H2,1-6H3,(H,26,27)(H,28,31)/b25-14-/t18-,24+/m0/s1. The molecule has 4 rings (SSSR count). The molecule has 1 fully saturated rings. The quantitative estimate of drug-likeness (QED) is 0.472. The summed E-state index contributed by atoms with van der Waals surface area (Å²) in [5, 5.41) is 8.80. The van der Waals surface area contributed by atoms with Gasteiger partial charge in [-0.05, 0) is 51.2 Å². The summed E-state index contributed by atoms with van der Waals surface area (Å²) in [5.41, 5.74) is 6.91. The SMILES string of the molecule is CCn1nc(C)c(/C=N\NC(=O)[C@@]2(C)CC[C@@H](c3nc4ccccc4[nH]3)C2(C)C)c1C. The van der Waals surface area contributed by atoms with E-state index in [4.69, 9.17) is 4.98 Å². The zero-order chi connectivity index (χ0) is 22.4. The Morgan fingerprint density at radius 3 is 2.74 bits per heavy atom. The van der Waals surface area contributed by atoms with Gasteiger partial charge in [-0.25, -0.2) is 10.4 Å². The van der Waals surface area contributed by atoms with Crippen LogP contribution in [-0.2, 0) is 11.3 Å². The van der Waals surface area contributed by atoms with E-state index in [9.17, 15) is 4.79 Å². The monoisotopic (exact) mass is 420 g/mol. The van der Waals surface area contributed by atoms with E-state index in [1.165, 1.54) is 0 Å². The van der Waals surface area contributed by atoms with Crippen LogP contribution in [0.3, 0.4) is 0 Å². The second-order valence-electron chi connectivity index (χ2n) is 9.38. The summed E-state index contributed by atoms with van der Waals surface area (Å²) in [6.07, 6.45) is 3.40. The van der Waals surface area contributed by atoms with Gasteiger partial charge in [0.25, 0.3) is 0 Å². The van der Waals surface area contributed by atoms with Gasteiger partial charge in [0.1, 0.15) is 5.82 Å². The van der Waals surface area contributed by atoms with Gasteiger partial charge in [-0.15, -0.1) is 0 Å². The number of hydrogen-bond acceptors (Lipinski definition) is 4. The van der Waals surface area contributed by atoms with Gasteiger partial charge in [0.15, 0.2) is 0 Å². The van der Waals surface area contributed by atoms with Crippen molar-refractivity contribution in [1.29, 1.82) is 0 Å². The molecule has 2 aromatic heterocycles. The first-order chi connectivity index (χ1) is 14.7. The molecular formula is C24H32N6O. The Bertz CT molecular complexity index is 1120. The van der Waals surface area contributed by atoms with Gasteiger partial charge >= 0.3 is 0 Å². The highest BCUT2D eigenvalue weighted by Gasteiger charge is 2.57. The smallest absolute Gasteiger partial charge is 0.246 e. The van der Waals surface area contributed by atoms with Gasteiger partial charge in [-0.2, -0.15) is 10.2 Å². The molecule has 0 bridgehead atoms. The van der Waals surface area contributed by atoms with Crippen LogP contribution in [-0.4, -0.2) is 31.9 Å². The Morgan fingerprint density at radius 2 is 2.06 bits per heavy atom. The number of aromatic amines is 1. The Morgan fingerprint density at radius 1 is 1.32 bits per heavy atom. The number of H-pyrrole nitrogens is 1. The van der Waals surface area contributed by atoms with Gasteiger partial charge < -0.3 is 4.98 Å². The molecule has 2 atom stereocenters. The normalized spacial score (nSPS) is 23.1. The molecule has 0 unspecified atom stereocenters. The summed E-state index contributed by atoms with van der Waals surface area (Å²) < 4.78 is 1.94. The Balaban J connectivity index is 1.53. The number of para-hydroxylation sites is 2. The predicted molar refractivity (Wildman–Crippen MR) is 123 cm³/mol. The number of carbonyl (C=O) groups is 1. The lowest BCUT2D eigenvalue weighted by Crippen LogP contribution is -2.45. The number of imidazole rings is 1. The first-order valence-corrected chi connectivity index (χ1v) is 11.0. The summed E-state index contributed by atoms with van der Waals surface area (Å²) in [4.78, 5) is 21.6. The van der Waals surface area contributed by atoms with E-state index in [0.717, 1.165) is 53.2 Å². The molecular weight excluding hydrogens is 388 g/mol. The van der Waals surface area contributed by atoms with E-state index >= 15 is 0 Å². The fourth-order valence-corrected chi connectivity index (χ4v) is 5.01. The molecule has 2 N–H and O–H groups in total. The van der Waals surface area contributed by atoms with E-state index in [1.807, 2.05) is 49.7 Å². The lowest BCUT2D eigenvalue weighted by Gasteiger charge is -2.39. The lowest BCUT2D eigenvalue weighted by atomic mass is 9.65. The van der Waals surface area contributed by atoms with Gasteiger partial charge in [0.2, 0.25) is 5.91 Å². The molecule has 7 heteroatoms. The van der Waals surface area contributed by atoms with Crippen LogP contribution in [0.15, 0.2) is 29.4 Å². The summed E-state index contributed by atoms with van der Waals surface area (Å²) >= 11 is 0. The maximum atomic E-state index is 13.3. The molecule has 1 amide bonds. The second kappa shape index (κ2) is 7.62. The third-order valence-electron chi connectivity index (χ3n) is 7.56. The first-order valence-electron chi connectivity index (χ1n) is 11.0. The second-order valence-corrected chi connectivity index (χ2v) is 9.38. The number of hydrazone groups is 1. The number of rotatable bonds is 5. The first kappa shape index (κ1) is 21.3. The molecule has 164 valence electrons. The maximum Gasteiger partial charge on any atom is 0.246 e. The number of aromatic nitrogens is 4. The van der Waals surface area contributed by atoms with Crippen molar-refractivity contribution in [1.82, 2.24) is 25.2 Å². The fourth-order valence-electron chi connectivity index (χ4n) is 5.01. The number of amides is 1. The molecule has 1 aliphatic rings. The number of hydrogen-bond donors (Lipinski definition) is 2. The zero-order valence-electron chi connectivity index (χ0n) is 19.3. The number of nitrogens with zero attached hydrogens (tertiary/aromatic N) is 4. The molecule has 7 nitrogen and oxygen atoms in total. The highest BCUT2D eigenvalue weighted by Crippen LogP contribution is 2.59. The number of benzene rings is 1. The van der Waals surface area contributed by atoms with Crippen LogP contribution in [0.4, 0.5) is 0 Å². The van der Waals surface area contributed by atoms with Crippen molar-refractivity contribution < 1.29 is 4.79 Å². The van der Waals surface area contributed by atoms with E-state index < -0.39 is 5.41 Å². The topological polar surface area (TPSA) is 88.0 Å². The number of aryl methyl sites for hydroxylation is 2. The minimum atomic E-state index is -0.550. The molecule has 1 saturated carbocycles. The Labute approximate surface area is 183 Å². The third-order valence-corrected chi connectivity index (χ3v) is 7.56. The van der Waals surface area contributed by atoms with E-state index in [2.05, 4.69) is 41.4 Å². The fraction of sp³-hybridized carbons (Fsp3) is 0.500. The van der Waals surface area contributed by atoms with Crippen LogP contribution in [0.1, 0.15) is 69.2 Å². The summed E-state index contributed by atoms with van der Waals surface area (Å²) in [6, 6.07) is 8.06. The third kappa shape index (κ3) is 3.36. The van der Waals surface area contributed by atoms with Crippen molar-refractivity contribution in [3.63, 3.8) is 0 Å². The highest BCUT2D eigenvalue weighted by atomic mass is 16.2. The molecule has 31 heavy (non-hydrogen) atoms. The largest absolute Gasteiger partial charge is 0.342 e. The van der Waals surface area contributed by atoms with Gasteiger partial charge in [0, 0.05) is 23.7 Å². The van der Waals surface area contributed by atoms with Crippen LogP contribution < -0.4 is 5.43 Å². The molecule has 1 aromatic carbocycles. The minimum Gasteiger partial charge on any atom is -0.342 e. The molecule has 2 heterocycles. The van der Waals surface area contributed by atoms with E-state index in [1.54, 1.807) is 6.21 Å². The summed E-state index contributed by atoms with van der Waals surface area (Å²) in [6.45, 7) is 13.2. The zero-order valence-corrected chi connectivity index (χ0v) is 19.3. The van der Waals surface area contributed by atoms with E-state index in [-0.39, 0.29) is 17.2 Å². The minimum absolute atomic E-state index is 0.0504. The van der Waals surface area contributed by atoms with Crippen LogP contribution in [0, 0.1) is 24.7 Å². The molecule has 3 aromatic rings. The Kier molecular flexibility index (Phi) is 5.23. The van der Waals surface area contributed by atoms with Crippen molar-refractivity contribution in [2.45, 2.75) is 66.8 Å². The number of fused-ring (bicyclic) bond motifs is 1. The molecule has 0 spiro atoms. The van der Waals surface area contributed by atoms with Crippen molar-refractivity contribution in [3.05, 3.63) is 47.0 Å². The van der Waals surface area contributed by atoms with Gasteiger partial charge in [-0.3, -0.25) is 9.48 Å². The molecule has 0 aliphatic heterocycles. The van der Waals surface area contributed by atoms with E-state index in [0.29, 0.717) is 0 Å². The summed E-state index contributed by atoms with van der Waals surface area (Å²) in [5.74, 6) is 1.09. The lowest BCUT2D eigenvalue weighted by molar-refractivity contribution is -0.135. The molecule has 0 radical (unpaired) electrons. The maximum absolute atomic E-state index is 13.3. The average Bonchev–Trinajstić information content (AvgIpc) is 3.35. The van der Waals surface area contributed by atoms with Crippen LogP contribution in [0.5, 0.6) is 0 Å². The summed E-state index contributed by atoms with van der Waals surface area (Å²) in [7, 11) is 0. The number of carbonyl (C=O) groups excluding carboxylic acids is 1. The molecule has 0 saturated heterocycles. The average molecular weight is 421 g/mol. The van der Waals surface area contributed by atoms with Crippen molar-refractivity contribution in [2.24, 2.45) is 15.9 Å². The Hall–Kier alpha value is -2.96. The van der Waals surface area contributed by atoms with Crippen molar-refractivity contribution in [2.75, 3.05) is 0 Å². The predicted octanol–water partition coefficient (Wildman–Crippen LogP) is 4.46. The van der Waals surface area contributed by atoms with Gasteiger partial charge in [-0.1, -0.05) is 32.9 Å².